The normalized spacial score (nSPS) is 15.5. The minimum Gasteiger partial charge on any atom is -0.469 e. The van der Waals surface area contributed by atoms with E-state index in [4.69, 9.17) is 0 Å². The van der Waals surface area contributed by atoms with Gasteiger partial charge in [0.1, 0.15) is 6.42 Å². The topological polar surface area (TPSA) is 92.8 Å². The Hall–Kier alpha value is -1.93. The quantitative estimate of drug-likeness (QED) is 0.643. The Labute approximate surface area is 129 Å². The molecule has 2 rings (SSSR count). The largest absolute Gasteiger partial charge is 0.469 e. The Bertz CT molecular complexity index is 648. The molecule has 1 aromatic rings. The maximum Gasteiger partial charge on any atom is 0.315 e. The molecule has 22 heavy (non-hydrogen) atoms. The monoisotopic (exact) mass is 326 g/mol. The van der Waals surface area contributed by atoms with Gasteiger partial charge in [-0.2, -0.15) is 4.31 Å². The first-order valence-electron chi connectivity index (χ1n) is 6.90. The summed E-state index contributed by atoms with van der Waals surface area (Å²) in [4.78, 5) is 22.7. The minimum atomic E-state index is -3.46. The lowest BCUT2D eigenvalue weighted by molar-refractivity contribution is -0.142. The lowest BCUT2D eigenvalue weighted by Crippen LogP contribution is -2.27. The summed E-state index contributed by atoms with van der Waals surface area (Å²) in [6.45, 7) is 1.08. The molecule has 7 nitrogen and oxygen atoms in total. The van der Waals surface area contributed by atoms with Gasteiger partial charge in [-0.05, 0) is 37.1 Å². The highest BCUT2D eigenvalue weighted by Gasteiger charge is 2.26. The lowest BCUT2D eigenvalue weighted by atomic mass is 10.3. The van der Waals surface area contributed by atoms with Crippen LogP contribution in [0.15, 0.2) is 29.2 Å². The molecule has 8 heteroatoms. The Balaban J connectivity index is 2.04. The number of carbonyl (C=O) groups is 2. The van der Waals surface area contributed by atoms with Crippen molar-refractivity contribution in [2.24, 2.45) is 0 Å². The fourth-order valence-corrected chi connectivity index (χ4v) is 3.71. The van der Waals surface area contributed by atoms with Gasteiger partial charge in [-0.3, -0.25) is 9.59 Å². The molecule has 0 aromatic heterocycles. The third-order valence-corrected chi connectivity index (χ3v) is 5.29. The predicted molar refractivity (Wildman–Crippen MR) is 79.7 cm³/mol. The van der Waals surface area contributed by atoms with E-state index >= 15 is 0 Å². The number of carbonyl (C=O) groups excluding carboxylic acids is 2. The summed E-state index contributed by atoms with van der Waals surface area (Å²) in [7, 11) is -2.26. The summed E-state index contributed by atoms with van der Waals surface area (Å²) in [6.07, 6.45) is 1.37. The molecule has 0 atom stereocenters. The minimum absolute atomic E-state index is 0.195. The van der Waals surface area contributed by atoms with Gasteiger partial charge in [-0.1, -0.05) is 0 Å². The molecule has 1 aliphatic rings. The van der Waals surface area contributed by atoms with Crippen molar-refractivity contribution >= 4 is 27.6 Å². The van der Waals surface area contributed by atoms with Crippen molar-refractivity contribution in [1.82, 2.24) is 4.31 Å². The van der Waals surface area contributed by atoms with E-state index in [0.717, 1.165) is 12.8 Å². The van der Waals surface area contributed by atoms with Crippen molar-refractivity contribution in [3.63, 3.8) is 0 Å². The maximum absolute atomic E-state index is 12.3. The molecule has 0 saturated carbocycles. The zero-order chi connectivity index (χ0) is 16.2. The van der Waals surface area contributed by atoms with Crippen LogP contribution in [0.4, 0.5) is 5.69 Å². The van der Waals surface area contributed by atoms with Crippen molar-refractivity contribution in [3.8, 4) is 0 Å². The summed E-state index contributed by atoms with van der Waals surface area (Å²) < 4.78 is 30.5. The van der Waals surface area contributed by atoms with E-state index in [-0.39, 0.29) is 11.3 Å². The number of anilines is 1. The van der Waals surface area contributed by atoms with Crippen LogP contribution < -0.4 is 5.32 Å². The number of amides is 1. The number of hydrogen-bond donors (Lipinski definition) is 1. The average molecular weight is 326 g/mol. The highest BCUT2D eigenvalue weighted by molar-refractivity contribution is 7.89. The molecule has 0 aliphatic carbocycles. The van der Waals surface area contributed by atoms with Crippen molar-refractivity contribution < 1.29 is 22.7 Å². The Morgan fingerprint density at radius 2 is 1.77 bits per heavy atom. The van der Waals surface area contributed by atoms with E-state index in [1.165, 1.54) is 35.7 Å². The van der Waals surface area contributed by atoms with Crippen LogP contribution in [0.5, 0.6) is 0 Å². The van der Waals surface area contributed by atoms with Gasteiger partial charge in [0.25, 0.3) is 0 Å². The van der Waals surface area contributed by atoms with Crippen molar-refractivity contribution in [1.29, 1.82) is 0 Å². The maximum atomic E-state index is 12.3. The number of benzene rings is 1. The number of nitrogens with one attached hydrogen (secondary N) is 1. The van der Waals surface area contributed by atoms with Gasteiger partial charge in [0.15, 0.2) is 0 Å². The van der Waals surface area contributed by atoms with E-state index < -0.39 is 21.9 Å². The molecule has 1 aliphatic heterocycles. The third-order valence-electron chi connectivity index (χ3n) is 3.37. The summed E-state index contributed by atoms with van der Waals surface area (Å²) in [5.74, 6) is -1.15. The van der Waals surface area contributed by atoms with E-state index in [9.17, 15) is 18.0 Å². The standard InChI is InChI=1S/C14H18N2O5S/c1-21-14(18)10-13(17)15-11-4-6-12(7-5-11)22(19,20)16-8-2-3-9-16/h4-7H,2-3,8-10H2,1H3,(H,15,17). The summed E-state index contributed by atoms with van der Waals surface area (Å²) >= 11 is 0. The van der Waals surface area contributed by atoms with Crippen LogP contribution in [0.1, 0.15) is 19.3 Å². The molecule has 1 heterocycles. The van der Waals surface area contributed by atoms with E-state index in [1.807, 2.05) is 0 Å². The molecular formula is C14H18N2O5S. The second-order valence-corrected chi connectivity index (χ2v) is 6.87. The number of esters is 1. The first-order valence-corrected chi connectivity index (χ1v) is 8.34. The SMILES string of the molecule is COC(=O)CC(=O)Nc1ccc(S(=O)(=O)N2CCCC2)cc1. The number of methoxy groups -OCH3 is 1. The van der Waals surface area contributed by atoms with E-state index in [0.29, 0.717) is 18.8 Å². The Morgan fingerprint density at radius 1 is 1.18 bits per heavy atom. The number of nitrogens with zero attached hydrogens (tertiary/aromatic N) is 1. The van der Waals surface area contributed by atoms with E-state index in [1.54, 1.807) is 0 Å². The van der Waals surface area contributed by atoms with Crippen molar-refractivity contribution in [2.45, 2.75) is 24.2 Å². The molecule has 0 radical (unpaired) electrons. The molecule has 1 saturated heterocycles. The summed E-state index contributed by atoms with van der Waals surface area (Å²) in [6, 6.07) is 5.89. The average Bonchev–Trinajstić information content (AvgIpc) is 3.02. The summed E-state index contributed by atoms with van der Waals surface area (Å²) in [5.41, 5.74) is 0.425. The van der Waals surface area contributed by atoms with Crippen LogP contribution in [0, 0.1) is 0 Å². The molecule has 1 fully saturated rings. The second kappa shape index (κ2) is 6.89. The first kappa shape index (κ1) is 16.4. The lowest BCUT2D eigenvalue weighted by Gasteiger charge is -2.15. The van der Waals surface area contributed by atoms with Crippen LogP contribution in [0.25, 0.3) is 0 Å². The fourth-order valence-electron chi connectivity index (χ4n) is 2.20. The van der Waals surface area contributed by atoms with Gasteiger partial charge >= 0.3 is 5.97 Å². The van der Waals surface area contributed by atoms with Gasteiger partial charge in [-0.25, -0.2) is 8.42 Å². The van der Waals surface area contributed by atoms with Gasteiger partial charge in [0.2, 0.25) is 15.9 Å². The van der Waals surface area contributed by atoms with Crippen LogP contribution >= 0.6 is 0 Å². The highest BCUT2D eigenvalue weighted by Crippen LogP contribution is 2.22. The molecule has 0 bridgehead atoms. The Morgan fingerprint density at radius 3 is 2.32 bits per heavy atom. The number of hydrogen-bond acceptors (Lipinski definition) is 5. The van der Waals surface area contributed by atoms with Crippen LogP contribution in [-0.2, 0) is 24.3 Å². The molecule has 120 valence electrons. The smallest absolute Gasteiger partial charge is 0.315 e. The van der Waals surface area contributed by atoms with Gasteiger partial charge in [0.05, 0.1) is 12.0 Å². The van der Waals surface area contributed by atoms with E-state index in [2.05, 4.69) is 10.1 Å². The highest BCUT2D eigenvalue weighted by atomic mass is 32.2. The Kier molecular flexibility index (Phi) is 5.15. The second-order valence-electron chi connectivity index (χ2n) is 4.94. The number of ether oxygens (including phenoxy) is 1. The molecular weight excluding hydrogens is 308 g/mol. The molecule has 1 amide bonds. The van der Waals surface area contributed by atoms with Crippen molar-refractivity contribution in [2.75, 3.05) is 25.5 Å². The van der Waals surface area contributed by atoms with Crippen molar-refractivity contribution in [3.05, 3.63) is 24.3 Å². The van der Waals surface area contributed by atoms with Gasteiger partial charge in [0, 0.05) is 18.8 Å². The zero-order valence-corrected chi connectivity index (χ0v) is 13.1. The molecule has 0 spiro atoms. The van der Waals surface area contributed by atoms with Crippen LogP contribution in [0.2, 0.25) is 0 Å². The van der Waals surface area contributed by atoms with Crippen LogP contribution in [-0.4, -0.2) is 44.8 Å². The number of rotatable bonds is 5. The van der Waals surface area contributed by atoms with Gasteiger partial charge in [-0.15, -0.1) is 0 Å². The molecule has 0 unspecified atom stereocenters. The van der Waals surface area contributed by atoms with Crippen LogP contribution in [0.3, 0.4) is 0 Å². The third kappa shape index (κ3) is 3.83. The summed E-state index contributed by atoms with van der Waals surface area (Å²) in [5, 5.41) is 2.51. The molecule has 1 aromatic carbocycles. The first-order chi connectivity index (χ1) is 10.4. The molecule has 1 N–H and O–H groups in total. The predicted octanol–water partition coefficient (Wildman–Crippen LogP) is 0.973. The number of sulfonamides is 1. The fraction of sp³-hybridized carbons (Fsp3) is 0.429. The van der Waals surface area contributed by atoms with Gasteiger partial charge < -0.3 is 10.1 Å². The zero-order valence-electron chi connectivity index (χ0n) is 12.2.